The van der Waals surface area contributed by atoms with Crippen molar-refractivity contribution in [2.75, 3.05) is 26.2 Å². The van der Waals surface area contributed by atoms with Crippen LogP contribution < -0.4 is 0 Å². The predicted octanol–water partition coefficient (Wildman–Crippen LogP) is 1.81. The Labute approximate surface area is 105 Å². The Hall–Kier alpha value is -1.31. The van der Waals surface area contributed by atoms with Gasteiger partial charge in [0.25, 0.3) is 0 Å². The lowest BCUT2D eigenvalue weighted by atomic mass is 10.0. The molecule has 4 heteroatoms. The highest BCUT2D eigenvalue weighted by Crippen LogP contribution is 2.25. The van der Waals surface area contributed by atoms with Gasteiger partial charge >= 0.3 is 0 Å². The summed E-state index contributed by atoms with van der Waals surface area (Å²) in [6.07, 6.45) is 1.24. The number of thiophene rings is 1. The van der Waals surface area contributed by atoms with E-state index in [0.717, 1.165) is 11.4 Å². The minimum absolute atomic E-state index is 0.383. The Kier molecular flexibility index (Phi) is 3.12. The molecule has 1 aromatic rings. The van der Waals surface area contributed by atoms with Crippen molar-refractivity contribution in [2.24, 2.45) is 11.1 Å². The van der Waals surface area contributed by atoms with Crippen LogP contribution >= 0.6 is 11.3 Å². The second-order valence-electron chi connectivity index (χ2n) is 4.36. The van der Waals surface area contributed by atoms with Crippen LogP contribution in [-0.2, 0) is 4.84 Å². The zero-order valence-corrected chi connectivity index (χ0v) is 10.4. The molecule has 0 radical (unpaired) electrons. The molecule has 0 saturated carbocycles. The molecule has 88 valence electrons. The van der Waals surface area contributed by atoms with E-state index in [-0.39, 0.29) is 0 Å². The number of hydrogen-bond acceptors (Lipinski definition) is 4. The Morgan fingerprint density at radius 1 is 1.59 bits per heavy atom. The average molecular weight is 246 g/mol. The Balaban J connectivity index is 1.48. The number of oxime groups is 1. The van der Waals surface area contributed by atoms with Crippen LogP contribution in [0.4, 0.5) is 0 Å². The number of nitrogens with zero attached hydrogens (tertiary/aromatic N) is 2. The molecule has 3 rings (SSSR count). The summed E-state index contributed by atoms with van der Waals surface area (Å²) in [5.41, 5.74) is 1.20. The molecule has 0 spiro atoms. The molecule has 2 saturated heterocycles. The van der Waals surface area contributed by atoms with E-state index < -0.39 is 0 Å². The van der Waals surface area contributed by atoms with Crippen LogP contribution in [0.1, 0.15) is 11.3 Å². The van der Waals surface area contributed by atoms with Crippen LogP contribution in [0.2, 0.25) is 0 Å². The maximum absolute atomic E-state index is 5.26. The molecule has 0 aromatic carbocycles. The molecule has 3 nitrogen and oxygen atoms in total. The summed E-state index contributed by atoms with van der Waals surface area (Å²) >= 11 is 1.64. The fourth-order valence-electron chi connectivity index (χ4n) is 2.33. The quantitative estimate of drug-likeness (QED) is 0.451. The minimum Gasteiger partial charge on any atom is -0.383 e. The van der Waals surface area contributed by atoms with Gasteiger partial charge in [-0.3, -0.25) is 4.90 Å². The van der Waals surface area contributed by atoms with Crippen molar-refractivity contribution in [1.82, 2.24) is 4.90 Å². The average Bonchev–Trinajstić information content (AvgIpc) is 3.05. The number of hydrogen-bond donors (Lipinski definition) is 0. The number of fused-ring (bicyclic) bond motifs is 2. The lowest BCUT2D eigenvalue weighted by Crippen LogP contribution is -2.23. The van der Waals surface area contributed by atoms with Crippen molar-refractivity contribution in [3.63, 3.8) is 0 Å². The molecule has 2 atom stereocenters. The van der Waals surface area contributed by atoms with E-state index in [0.29, 0.717) is 12.5 Å². The highest BCUT2D eigenvalue weighted by atomic mass is 32.1. The van der Waals surface area contributed by atoms with Crippen molar-refractivity contribution in [3.05, 3.63) is 22.4 Å². The van der Waals surface area contributed by atoms with Gasteiger partial charge in [-0.1, -0.05) is 23.1 Å². The van der Waals surface area contributed by atoms with Crippen LogP contribution in [-0.4, -0.2) is 36.9 Å². The third-order valence-electron chi connectivity index (χ3n) is 3.18. The zero-order chi connectivity index (χ0) is 11.5. The van der Waals surface area contributed by atoms with Gasteiger partial charge in [0.15, 0.2) is 6.61 Å². The molecule has 2 bridgehead atoms. The van der Waals surface area contributed by atoms with Gasteiger partial charge in [0.1, 0.15) is 0 Å². The van der Waals surface area contributed by atoms with E-state index in [1.54, 1.807) is 11.3 Å². The fourth-order valence-corrected chi connectivity index (χ4v) is 2.92. The van der Waals surface area contributed by atoms with Gasteiger partial charge in [-0.2, -0.15) is 0 Å². The van der Waals surface area contributed by atoms with Crippen LogP contribution in [0.25, 0.3) is 0 Å². The standard InChI is InChI=1S/C13H14N2OS/c1(3-12-4-2-8-17-12)7-16-14-13-10-15-6-5-11(13)9-15/h2,4,8,11H,5-7,9-10H2/b14-13+. The van der Waals surface area contributed by atoms with Crippen molar-refractivity contribution < 1.29 is 4.84 Å². The summed E-state index contributed by atoms with van der Waals surface area (Å²) in [5, 5.41) is 6.22. The van der Waals surface area contributed by atoms with Crippen LogP contribution in [0.15, 0.2) is 22.7 Å². The van der Waals surface area contributed by atoms with Gasteiger partial charge in [-0.15, -0.1) is 11.3 Å². The Bertz CT molecular complexity index is 469. The first kappa shape index (κ1) is 10.8. The van der Waals surface area contributed by atoms with E-state index in [9.17, 15) is 0 Å². The SMILES string of the molecule is C(#Cc1cccs1)CO/N=C1\CN2CCC1C2. The number of piperidine rings is 1. The first-order chi connectivity index (χ1) is 8.42. The van der Waals surface area contributed by atoms with Gasteiger partial charge in [0, 0.05) is 19.0 Å². The predicted molar refractivity (Wildman–Crippen MR) is 69.1 cm³/mol. The Morgan fingerprint density at radius 2 is 2.59 bits per heavy atom. The lowest BCUT2D eigenvalue weighted by molar-refractivity contribution is 0.177. The molecular weight excluding hydrogens is 232 g/mol. The van der Waals surface area contributed by atoms with Gasteiger partial charge in [-0.05, 0) is 24.4 Å². The molecule has 2 aliphatic heterocycles. The molecule has 0 N–H and O–H groups in total. The smallest absolute Gasteiger partial charge is 0.177 e. The summed E-state index contributed by atoms with van der Waals surface area (Å²) in [6.45, 7) is 3.77. The first-order valence-corrected chi connectivity index (χ1v) is 6.73. The first-order valence-electron chi connectivity index (χ1n) is 5.85. The zero-order valence-electron chi connectivity index (χ0n) is 9.56. The molecule has 17 heavy (non-hydrogen) atoms. The fraction of sp³-hybridized carbons (Fsp3) is 0.462. The van der Waals surface area contributed by atoms with Crippen LogP contribution in [0, 0.1) is 17.8 Å². The van der Waals surface area contributed by atoms with E-state index in [1.165, 1.54) is 25.2 Å². The molecule has 2 fully saturated rings. The van der Waals surface area contributed by atoms with Gasteiger partial charge < -0.3 is 4.84 Å². The molecule has 3 heterocycles. The van der Waals surface area contributed by atoms with Crippen molar-refractivity contribution >= 4 is 17.0 Å². The van der Waals surface area contributed by atoms with Gasteiger partial charge in [0.05, 0.1) is 10.6 Å². The highest BCUT2D eigenvalue weighted by molar-refractivity contribution is 7.10. The second-order valence-corrected chi connectivity index (χ2v) is 5.30. The maximum atomic E-state index is 5.26. The molecule has 2 aliphatic rings. The molecule has 0 amide bonds. The summed E-state index contributed by atoms with van der Waals surface area (Å²) in [6, 6.07) is 4.01. The third kappa shape index (κ3) is 2.51. The largest absolute Gasteiger partial charge is 0.383 e. The molecule has 0 aliphatic carbocycles. The number of rotatable bonds is 2. The van der Waals surface area contributed by atoms with Crippen LogP contribution in [0.3, 0.4) is 0 Å². The molecule has 2 unspecified atom stereocenters. The summed E-state index contributed by atoms with van der Waals surface area (Å²) in [4.78, 5) is 8.76. The third-order valence-corrected chi connectivity index (χ3v) is 3.97. The van der Waals surface area contributed by atoms with Gasteiger partial charge in [0.2, 0.25) is 0 Å². The van der Waals surface area contributed by atoms with E-state index in [4.69, 9.17) is 4.84 Å². The summed E-state index contributed by atoms with van der Waals surface area (Å²) in [5.74, 6) is 6.66. The maximum Gasteiger partial charge on any atom is 0.177 e. The van der Waals surface area contributed by atoms with Gasteiger partial charge in [-0.25, -0.2) is 0 Å². The molecular formula is C13H14N2OS. The monoisotopic (exact) mass is 246 g/mol. The highest BCUT2D eigenvalue weighted by Gasteiger charge is 2.35. The summed E-state index contributed by atoms with van der Waals surface area (Å²) < 4.78 is 0. The van der Waals surface area contributed by atoms with Crippen molar-refractivity contribution in [1.29, 1.82) is 0 Å². The lowest BCUT2D eigenvalue weighted by Gasteiger charge is -2.12. The van der Waals surface area contributed by atoms with E-state index in [1.807, 2.05) is 17.5 Å². The topological polar surface area (TPSA) is 24.8 Å². The van der Waals surface area contributed by atoms with E-state index >= 15 is 0 Å². The second kappa shape index (κ2) is 4.91. The normalized spacial score (nSPS) is 28.1. The van der Waals surface area contributed by atoms with Crippen LogP contribution in [0.5, 0.6) is 0 Å². The van der Waals surface area contributed by atoms with E-state index in [2.05, 4.69) is 21.9 Å². The summed E-state index contributed by atoms with van der Waals surface area (Å²) in [7, 11) is 0. The van der Waals surface area contributed by atoms with Crippen molar-refractivity contribution in [3.8, 4) is 11.8 Å². The molecule has 1 aromatic heterocycles. The Morgan fingerprint density at radius 3 is 3.29 bits per heavy atom. The van der Waals surface area contributed by atoms with Crippen molar-refractivity contribution in [2.45, 2.75) is 6.42 Å². The minimum atomic E-state index is 0.383.